The number of piperidine rings is 3. The molecule has 6 heteroatoms. The zero-order valence-corrected chi connectivity index (χ0v) is 25.7. The van der Waals surface area contributed by atoms with Crippen LogP contribution in [-0.4, -0.2) is 68.2 Å². The van der Waals surface area contributed by atoms with Gasteiger partial charge in [0.15, 0.2) is 0 Å². The minimum absolute atomic E-state index is 0.251. The van der Waals surface area contributed by atoms with Crippen LogP contribution in [0, 0.1) is 17.8 Å². The molecule has 0 spiro atoms. The van der Waals surface area contributed by atoms with E-state index in [1.165, 1.54) is 82.0 Å². The quantitative estimate of drug-likeness (QED) is 0.329. The number of rotatable bonds is 10. The molecule has 3 aliphatic heterocycles. The van der Waals surface area contributed by atoms with Crippen LogP contribution in [0.15, 0.2) is 24.3 Å². The van der Waals surface area contributed by atoms with Gasteiger partial charge in [0.05, 0.1) is 17.5 Å². The van der Waals surface area contributed by atoms with Crippen molar-refractivity contribution in [1.82, 2.24) is 19.4 Å². The van der Waals surface area contributed by atoms with Gasteiger partial charge in [-0.2, -0.15) is 0 Å². The third kappa shape index (κ3) is 6.54. The molecule has 1 aromatic carbocycles. The summed E-state index contributed by atoms with van der Waals surface area (Å²) in [6, 6.07) is 11.7. The molecule has 226 valence electrons. The molecule has 6 atom stereocenters. The number of carbonyl (C=O) groups is 1. The molecule has 1 aromatic heterocycles. The number of likely N-dealkylation sites (tertiary alicyclic amines) is 1. The van der Waals surface area contributed by atoms with Crippen molar-refractivity contribution in [3.63, 3.8) is 0 Å². The normalized spacial score (nSPS) is 32.0. The topological polar surface area (TPSA) is 61.6 Å². The molecular formula is C35H54N4O2. The van der Waals surface area contributed by atoms with Gasteiger partial charge < -0.3 is 14.6 Å². The van der Waals surface area contributed by atoms with Gasteiger partial charge in [-0.05, 0) is 101 Å². The number of benzene rings is 1. The Hall–Kier alpha value is -1.92. The Kier molecular flexibility index (Phi) is 9.36. The lowest BCUT2D eigenvalue weighted by Crippen LogP contribution is -2.58. The Labute approximate surface area is 247 Å². The summed E-state index contributed by atoms with van der Waals surface area (Å²) in [6.45, 7) is 7.51. The summed E-state index contributed by atoms with van der Waals surface area (Å²) in [5.74, 6) is 3.10. The van der Waals surface area contributed by atoms with E-state index in [0.717, 1.165) is 67.8 Å². The molecule has 1 saturated carbocycles. The van der Waals surface area contributed by atoms with Crippen molar-refractivity contribution < 1.29 is 9.90 Å². The average molecular weight is 563 g/mol. The van der Waals surface area contributed by atoms with E-state index in [0.29, 0.717) is 18.5 Å². The lowest BCUT2D eigenvalue weighted by molar-refractivity contribution is -0.137. The predicted molar refractivity (Wildman–Crippen MR) is 166 cm³/mol. The van der Waals surface area contributed by atoms with E-state index in [2.05, 4.69) is 52.5 Å². The first kappa shape index (κ1) is 29.2. The number of nitrogens with zero attached hydrogens (tertiary/aromatic N) is 4. The van der Waals surface area contributed by atoms with Gasteiger partial charge in [-0.15, -0.1) is 0 Å². The number of hydrogen-bond acceptors (Lipinski definition) is 4. The maximum absolute atomic E-state index is 11.0. The minimum atomic E-state index is -0.689. The smallest absolute Gasteiger partial charge is 0.304 e. The van der Waals surface area contributed by atoms with Gasteiger partial charge in [-0.25, -0.2) is 4.98 Å². The molecule has 3 saturated heterocycles. The van der Waals surface area contributed by atoms with Gasteiger partial charge >= 0.3 is 5.97 Å². The van der Waals surface area contributed by atoms with E-state index in [9.17, 15) is 4.79 Å². The van der Waals surface area contributed by atoms with Crippen molar-refractivity contribution in [3.05, 3.63) is 30.1 Å². The molecule has 4 fully saturated rings. The number of carboxylic acids is 1. The van der Waals surface area contributed by atoms with Crippen molar-refractivity contribution in [2.45, 2.75) is 134 Å². The fraction of sp³-hybridized carbons (Fsp3) is 0.771. The second-order valence-corrected chi connectivity index (χ2v) is 14.1. The summed E-state index contributed by atoms with van der Waals surface area (Å²) in [7, 11) is 0. The molecule has 1 N–H and O–H groups in total. The summed E-state index contributed by atoms with van der Waals surface area (Å²) in [5, 5.41) is 9.08. The third-order valence-corrected chi connectivity index (χ3v) is 11.4. The Morgan fingerprint density at radius 1 is 0.878 bits per heavy atom. The molecule has 6 nitrogen and oxygen atoms in total. The average Bonchev–Trinajstić information content (AvgIpc) is 3.33. The molecule has 2 aromatic rings. The number of para-hydroxylation sites is 2. The van der Waals surface area contributed by atoms with Gasteiger partial charge in [0.25, 0.3) is 0 Å². The van der Waals surface area contributed by atoms with E-state index < -0.39 is 5.97 Å². The van der Waals surface area contributed by atoms with Gasteiger partial charge in [-0.1, -0.05) is 51.7 Å². The molecule has 4 aliphatic rings. The maximum atomic E-state index is 11.0. The first-order valence-electron chi connectivity index (χ1n) is 17.2. The van der Waals surface area contributed by atoms with Gasteiger partial charge in [0, 0.05) is 37.1 Å². The highest BCUT2D eigenvalue weighted by Crippen LogP contribution is 2.46. The van der Waals surface area contributed by atoms with E-state index in [1.54, 1.807) is 0 Å². The zero-order chi connectivity index (χ0) is 28.3. The fourth-order valence-electron chi connectivity index (χ4n) is 9.52. The Balaban J connectivity index is 1.19. The fourth-order valence-corrected chi connectivity index (χ4v) is 9.52. The van der Waals surface area contributed by atoms with Crippen molar-refractivity contribution in [1.29, 1.82) is 0 Å². The van der Waals surface area contributed by atoms with Crippen LogP contribution < -0.4 is 0 Å². The second kappa shape index (κ2) is 13.2. The van der Waals surface area contributed by atoms with E-state index >= 15 is 0 Å². The molecule has 0 amide bonds. The first-order chi connectivity index (χ1) is 20.0. The van der Waals surface area contributed by atoms with Crippen LogP contribution in [0.25, 0.3) is 11.0 Å². The molecule has 5 unspecified atom stereocenters. The number of hydrogen-bond donors (Lipinski definition) is 1. The monoisotopic (exact) mass is 562 g/mol. The van der Waals surface area contributed by atoms with Gasteiger partial charge in [-0.3, -0.25) is 9.69 Å². The Morgan fingerprint density at radius 2 is 1.61 bits per heavy atom. The van der Waals surface area contributed by atoms with Crippen LogP contribution in [0.5, 0.6) is 0 Å². The van der Waals surface area contributed by atoms with Crippen LogP contribution in [0.4, 0.5) is 0 Å². The SMILES string of the molecule is CCCC1CC(CC)CC(N2C3CCC[C@H]2CC(n2c(CC4CCN(CCC(=O)O)CC4)nc4ccccc42)C3)C1. The number of aromatic nitrogens is 2. The van der Waals surface area contributed by atoms with Crippen molar-refractivity contribution in [2.75, 3.05) is 19.6 Å². The number of fused-ring (bicyclic) bond motifs is 3. The summed E-state index contributed by atoms with van der Waals surface area (Å²) in [4.78, 5) is 21.7. The summed E-state index contributed by atoms with van der Waals surface area (Å²) in [5.41, 5.74) is 2.50. The lowest BCUT2D eigenvalue weighted by atomic mass is 9.72. The van der Waals surface area contributed by atoms with Gasteiger partial charge in [0.2, 0.25) is 0 Å². The van der Waals surface area contributed by atoms with Gasteiger partial charge in [0.1, 0.15) is 5.82 Å². The molecule has 2 bridgehead atoms. The van der Waals surface area contributed by atoms with E-state index in [4.69, 9.17) is 10.1 Å². The zero-order valence-electron chi connectivity index (χ0n) is 25.7. The molecule has 6 rings (SSSR count). The van der Waals surface area contributed by atoms with Crippen LogP contribution in [0.3, 0.4) is 0 Å². The molecule has 4 heterocycles. The molecule has 0 radical (unpaired) electrons. The Bertz CT molecular complexity index is 1140. The lowest BCUT2D eigenvalue weighted by Gasteiger charge is -2.55. The third-order valence-electron chi connectivity index (χ3n) is 11.4. The standard InChI is InChI=1S/C35H54N4O2/c1-3-8-27-19-25(4-2)20-30(21-27)38-28-9-7-10-29(38)24-31(23-28)39-33-12-6-5-11-32(33)36-34(39)22-26-13-16-37(17-14-26)18-15-35(40)41/h5-6,11-12,25-31H,3-4,7-10,13-24H2,1-2H3,(H,40,41)/t25?,27?,28-,29?,30?,31?/m0/s1. The predicted octanol–water partition coefficient (Wildman–Crippen LogP) is 7.32. The molecule has 41 heavy (non-hydrogen) atoms. The summed E-state index contributed by atoms with van der Waals surface area (Å²) >= 11 is 0. The maximum Gasteiger partial charge on any atom is 0.304 e. The number of aliphatic carboxylic acids is 1. The molecule has 1 aliphatic carbocycles. The van der Waals surface area contributed by atoms with E-state index in [1.807, 2.05) is 0 Å². The van der Waals surface area contributed by atoms with Crippen molar-refractivity contribution in [2.24, 2.45) is 17.8 Å². The van der Waals surface area contributed by atoms with E-state index in [-0.39, 0.29) is 6.42 Å². The highest BCUT2D eigenvalue weighted by Gasteiger charge is 2.44. The van der Waals surface area contributed by atoms with Crippen LogP contribution in [-0.2, 0) is 11.2 Å². The number of imidazole rings is 1. The minimum Gasteiger partial charge on any atom is -0.481 e. The molecular weight excluding hydrogens is 508 g/mol. The number of carboxylic acid groups (broad SMARTS) is 1. The van der Waals surface area contributed by atoms with Crippen molar-refractivity contribution >= 4 is 17.0 Å². The van der Waals surface area contributed by atoms with Crippen LogP contribution >= 0.6 is 0 Å². The summed E-state index contributed by atoms with van der Waals surface area (Å²) < 4.78 is 2.70. The van der Waals surface area contributed by atoms with Crippen LogP contribution in [0.2, 0.25) is 0 Å². The highest BCUT2D eigenvalue weighted by molar-refractivity contribution is 5.76. The highest BCUT2D eigenvalue weighted by atomic mass is 16.4. The Morgan fingerprint density at radius 3 is 2.32 bits per heavy atom. The van der Waals surface area contributed by atoms with Crippen LogP contribution in [0.1, 0.15) is 116 Å². The second-order valence-electron chi connectivity index (χ2n) is 14.1. The first-order valence-corrected chi connectivity index (χ1v) is 17.2. The van der Waals surface area contributed by atoms with Crippen molar-refractivity contribution in [3.8, 4) is 0 Å². The largest absolute Gasteiger partial charge is 0.481 e. The summed E-state index contributed by atoms with van der Waals surface area (Å²) in [6.07, 6.45) is 18.7.